The Balaban J connectivity index is 1.95. The maximum Gasteiger partial charge on any atom is 0.387 e. The van der Waals surface area contributed by atoms with Crippen LogP contribution in [0, 0.1) is 11.2 Å². The van der Waals surface area contributed by atoms with Crippen molar-refractivity contribution in [3.8, 4) is 5.75 Å². The Hall–Kier alpha value is -1.39. The lowest BCUT2D eigenvalue weighted by Gasteiger charge is -2.35. The topological polar surface area (TPSA) is 21.3 Å². The Labute approximate surface area is 117 Å². The normalized spacial score (nSPS) is 19.1. The van der Waals surface area contributed by atoms with Gasteiger partial charge < -0.3 is 10.1 Å². The summed E-state index contributed by atoms with van der Waals surface area (Å²) in [6, 6.07) is 4.32. The first-order chi connectivity index (χ1) is 9.35. The highest BCUT2D eigenvalue weighted by molar-refractivity contribution is 5.48. The van der Waals surface area contributed by atoms with Gasteiger partial charge in [0.05, 0.1) is 0 Å². The van der Waals surface area contributed by atoms with Crippen molar-refractivity contribution >= 4 is 5.69 Å². The Morgan fingerprint density at radius 3 is 2.45 bits per heavy atom. The molecule has 5 heteroatoms. The minimum Gasteiger partial charge on any atom is -0.432 e. The van der Waals surface area contributed by atoms with Crippen molar-refractivity contribution in [2.45, 2.75) is 52.2 Å². The molecule has 0 radical (unpaired) electrons. The molecule has 0 aliphatic heterocycles. The van der Waals surface area contributed by atoms with E-state index in [0.29, 0.717) is 17.1 Å². The highest BCUT2D eigenvalue weighted by Crippen LogP contribution is 2.36. The molecule has 112 valence electrons. The minimum atomic E-state index is -3.01. The summed E-state index contributed by atoms with van der Waals surface area (Å²) in [7, 11) is 0. The molecule has 0 spiro atoms. The summed E-state index contributed by atoms with van der Waals surface area (Å²) in [5.41, 5.74) is 0.979. The van der Waals surface area contributed by atoms with Crippen molar-refractivity contribution in [1.29, 1.82) is 0 Å². The van der Waals surface area contributed by atoms with Crippen LogP contribution in [0.5, 0.6) is 5.75 Å². The molecule has 0 aromatic heterocycles. The molecular formula is C15H20F3NO. The smallest absolute Gasteiger partial charge is 0.387 e. The van der Waals surface area contributed by atoms with Crippen LogP contribution in [-0.4, -0.2) is 12.7 Å². The lowest BCUT2D eigenvalue weighted by Crippen LogP contribution is -2.29. The third kappa shape index (κ3) is 4.05. The van der Waals surface area contributed by atoms with E-state index >= 15 is 0 Å². The second-order valence-corrected chi connectivity index (χ2v) is 6.11. The quantitative estimate of drug-likeness (QED) is 0.858. The van der Waals surface area contributed by atoms with Crippen LogP contribution in [0.2, 0.25) is 0 Å². The van der Waals surface area contributed by atoms with E-state index in [1.807, 2.05) is 0 Å². The first-order valence-corrected chi connectivity index (χ1v) is 6.87. The number of halogens is 3. The van der Waals surface area contributed by atoms with Gasteiger partial charge in [0.25, 0.3) is 0 Å². The van der Waals surface area contributed by atoms with Gasteiger partial charge in [0.2, 0.25) is 0 Å². The molecule has 0 amide bonds. The van der Waals surface area contributed by atoms with Crippen molar-refractivity contribution in [3.05, 3.63) is 24.0 Å². The summed E-state index contributed by atoms with van der Waals surface area (Å²) in [6.45, 7) is 1.49. The number of rotatable bonds is 4. The van der Waals surface area contributed by atoms with E-state index < -0.39 is 18.2 Å². The third-order valence-electron chi connectivity index (χ3n) is 3.86. The van der Waals surface area contributed by atoms with E-state index in [1.165, 1.54) is 12.1 Å². The molecule has 1 saturated carbocycles. The average Bonchev–Trinajstić information content (AvgIpc) is 2.35. The van der Waals surface area contributed by atoms with Gasteiger partial charge in [-0.25, -0.2) is 4.39 Å². The van der Waals surface area contributed by atoms with Crippen molar-refractivity contribution in [2.75, 3.05) is 5.32 Å². The zero-order valence-electron chi connectivity index (χ0n) is 11.8. The van der Waals surface area contributed by atoms with Gasteiger partial charge in [-0.3, -0.25) is 0 Å². The van der Waals surface area contributed by atoms with Crippen LogP contribution in [0.25, 0.3) is 0 Å². The fourth-order valence-corrected chi connectivity index (χ4v) is 2.56. The fourth-order valence-electron chi connectivity index (χ4n) is 2.56. The zero-order valence-corrected chi connectivity index (χ0v) is 11.8. The highest BCUT2D eigenvalue weighted by Gasteiger charge is 2.26. The first-order valence-electron chi connectivity index (χ1n) is 6.87. The summed E-state index contributed by atoms with van der Waals surface area (Å²) in [4.78, 5) is 0. The summed E-state index contributed by atoms with van der Waals surface area (Å²) in [5, 5.41) is 3.26. The molecule has 0 unspecified atom stereocenters. The molecule has 1 aliphatic carbocycles. The number of nitrogens with one attached hydrogen (secondary N) is 1. The van der Waals surface area contributed by atoms with Crippen LogP contribution in [0.15, 0.2) is 18.2 Å². The predicted molar refractivity (Wildman–Crippen MR) is 72.7 cm³/mol. The summed E-state index contributed by atoms with van der Waals surface area (Å²) < 4.78 is 41.8. The molecule has 1 aromatic rings. The largest absolute Gasteiger partial charge is 0.432 e. The van der Waals surface area contributed by atoms with Gasteiger partial charge in [-0.05, 0) is 43.2 Å². The minimum absolute atomic E-state index is 0.310. The molecule has 0 atom stereocenters. The summed E-state index contributed by atoms with van der Waals surface area (Å²) in [6.07, 6.45) is 4.31. The van der Waals surface area contributed by atoms with Gasteiger partial charge in [-0.15, -0.1) is 0 Å². The van der Waals surface area contributed by atoms with Crippen LogP contribution < -0.4 is 10.1 Å². The Kier molecular flexibility index (Phi) is 4.45. The molecule has 0 heterocycles. The molecule has 0 saturated heterocycles. The molecule has 2 nitrogen and oxygen atoms in total. The van der Waals surface area contributed by atoms with Crippen molar-refractivity contribution in [2.24, 2.45) is 5.41 Å². The van der Waals surface area contributed by atoms with E-state index in [4.69, 9.17) is 0 Å². The highest BCUT2D eigenvalue weighted by atomic mass is 19.3. The zero-order chi connectivity index (χ0) is 14.8. The Bertz CT molecular complexity index is 452. The first kappa shape index (κ1) is 15.0. The van der Waals surface area contributed by atoms with E-state index in [9.17, 15) is 13.2 Å². The van der Waals surface area contributed by atoms with Crippen molar-refractivity contribution < 1.29 is 17.9 Å². The van der Waals surface area contributed by atoms with E-state index in [2.05, 4.69) is 23.9 Å². The van der Waals surface area contributed by atoms with E-state index in [-0.39, 0.29) is 0 Å². The number of hydrogen-bond donors (Lipinski definition) is 1. The Morgan fingerprint density at radius 1 is 1.25 bits per heavy atom. The molecule has 0 bridgehead atoms. The maximum absolute atomic E-state index is 13.6. The van der Waals surface area contributed by atoms with Gasteiger partial charge >= 0.3 is 6.61 Å². The summed E-state index contributed by atoms with van der Waals surface area (Å²) in [5.74, 6) is -1.19. The van der Waals surface area contributed by atoms with Gasteiger partial charge in [0.1, 0.15) is 0 Å². The number of ether oxygens (including phenoxy) is 1. The van der Waals surface area contributed by atoms with Crippen LogP contribution >= 0.6 is 0 Å². The molecule has 1 fully saturated rings. The molecule has 1 aromatic carbocycles. The van der Waals surface area contributed by atoms with E-state index in [0.717, 1.165) is 25.7 Å². The number of benzene rings is 1. The average molecular weight is 287 g/mol. The maximum atomic E-state index is 13.6. The monoisotopic (exact) mass is 287 g/mol. The standard InChI is InChI=1S/C15H20F3NO/c1-15(2)7-5-10(6-8-15)19-11-3-4-13(12(16)9-11)20-14(17)18/h3-4,9-10,14,19H,5-8H2,1-2H3. The van der Waals surface area contributed by atoms with Gasteiger partial charge in [-0.2, -0.15) is 8.78 Å². The number of alkyl halides is 2. The van der Waals surface area contributed by atoms with Gasteiger partial charge in [0.15, 0.2) is 11.6 Å². The fraction of sp³-hybridized carbons (Fsp3) is 0.600. The molecule has 20 heavy (non-hydrogen) atoms. The molecule has 2 rings (SSSR count). The van der Waals surface area contributed by atoms with Crippen LogP contribution in [-0.2, 0) is 0 Å². The lowest BCUT2D eigenvalue weighted by molar-refractivity contribution is -0.0521. The lowest BCUT2D eigenvalue weighted by atomic mass is 9.75. The number of anilines is 1. The van der Waals surface area contributed by atoms with Crippen LogP contribution in [0.3, 0.4) is 0 Å². The van der Waals surface area contributed by atoms with Crippen molar-refractivity contribution in [3.63, 3.8) is 0 Å². The molecule has 1 N–H and O–H groups in total. The van der Waals surface area contributed by atoms with Gasteiger partial charge in [0, 0.05) is 17.8 Å². The van der Waals surface area contributed by atoms with Crippen LogP contribution in [0.1, 0.15) is 39.5 Å². The third-order valence-corrected chi connectivity index (χ3v) is 3.86. The summed E-state index contributed by atoms with van der Waals surface area (Å²) >= 11 is 0. The SMILES string of the molecule is CC1(C)CCC(Nc2ccc(OC(F)F)c(F)c2)CC1. The Morgan fingerprint density at radius 2 is 1.90 bits per heavy atom. The second kappa shape index (κ2) is 5.94. The van der Waals surface area contributed by atoms with Gasteiger partial charge in [-0.1, -0.05) is 13.8 Å². The van der Waals surface area contributed by atoms with Crippen LogP contribution in [0.4, 0.5) is 18.9 Å². The number of hydrogen-bond acceptors (Lipinski definition) is 2. The van der Waals surface area contributed by atoms with Crippen molar-refractivity contribution in [1.82, 2.24) is 0 Å². The van der Waals surface area contributed by atoms with E-state index in [1.54, 1.807) is 6.07 Å². The molecule has 1 aliphatic rings. The predicted octanol–water partition coefficient (Wildman–Crippen LogP) is 4.81. The second-order valence-electron chi connectivity index (χ2n) is 6.11. The molecular weight excluding hydrogens is 267 g/mol.